The zero-order valence-electron chi connectivity index (χ0n) is 19.4. The summed E-state index contributed by atoms with van der Waals surface area (Å²) >= 11 is 6.19. The van der Waals surface area contributed by atoms with E-state index in [0.29, 0.717) is 23.1 Å². The number of hydrogen-bond acceptors (Lipinski definition) is 4. The molecule has 0 spiro atoms. The molecule has 0 aromatic heterocycles. The van der Waals surface area contributed by atoms with Crippen LogP contribution in [0.1, 0.15) is 30.5 Å². The summed E-state index contributed by atoms with van der Waals surface area (Å²) in [5.41, 5.74) is 1.58. The maximum atomic E-state index is 13.5. The van der Waals surface area contributed by atoms with Crippen LogP contribution in [-0.2, 0) is 16.1 Å². The summed E-state index contributed by atoms with van der Waals surface area (Å²) in [6, 6.07) is 22.8. The van der Waals surface area contributed by atoms with Crippen molar-refractivity contribution >= 4 is 23.4 Å². The molecule has 0 fully saturated rings. The number of rotatable bonds is 11. The zero-order valence-corrected chi connectivity index (χ0v) is 20.1. The van der Waals surface area contributed by atoms with Gasteiger partial charge < -0.3 is 19.7 Å². The van der Waals surface area contributed by atoms with Gasteiger partial charge in [-0.15, -0.1) is 0 Å². The fourth-order valence-corrected chi connectivity index (χ4v) is 3.68. The van der Waals surface area contributed by atoms with Gasteiger partial charge in [0, 0.05) is 13.1 Å². The van der Waals surface area contributed by atoms with Gasteiger partial charge in [-0.3, -0.25) is 9.59 Å². The Morgan fingerprint density at radius 3 is 2.29 bits per heavy atom. The van der Waals surface area contributed by atoms with E-state index in [1.807, 2.05) is 61.5 Å². The van der Waals surface area contributed by atoms with Crippen LogP contribution < -0.4 is 14.8 Å². The molecule has 1 N–H and O–H groups in total. The van der Waals surface area contributed by atoms with Crippen LogP contribution >= 0.6 is 11.6 Å². The summed E-state index contributed by atoms with van der Waals surface area (Å²) in [7, 11) is 1.60. The van der Waals surface area contributed by atoms with Gasteiger partial charge >= 0.3 is 0 Å². The molecule has 0 saturated heterocycles. The van der Waals surface area contributed by atoms with Crippen molar-refractivity contribution in [3.8, 4) is 11.5 Å². The second-order valence-corrected chi connectivity index (χ2v) is 8.10. The molecular formula is C27H29ClN2O4. The van der Waals surface area contributed by atoms with Crippen molar-refractivity contribution in [1.82, 2.24) is 10.2 Å². The van der Waals surface area contributed by atoms with Crippen molar-refractivity contribution in [2.45, 2.75) is 25.9 Å². The highest BCUT2D eigenvalue weighted by Gasteiger charge is 2.31. The molecule has 3 aromatic carbocycles. The molecule has 0 unspecified atom stereocenters. The highest BCUT2D eigenvalue weighted by atomic mass is 35.5. The third-order valence-electron chi connectivity index (χ3n) is 5.24. The fourth-order valence-electron chi connectivity index (χ4n) is 3.49. The van der Waals surface area contributed by atoms with Gasteiger partial charge in [0.15, 0.2) is 6.61 Å². The van der Waals surface area contributed by atoms with Crippen LogP contribution in [0.15, 0.2) is 78.9 Å². The van der Waals surface area contributed by atoms with E-state index < -0.39 is 6.04 Å². The molecule has 178 valence electrons. The first kappa shape index (κ1) is 25.1. The van der Waals surface area contributed by atoms with Crippen molar-refractivity contribution in [3.63, 3.8) is 0 Å². The van der Waals surface area contributed by atoms with Crippen LogP contribution in [0.5, 0.6) is 11.5 Å². The van der Waals surface area contributed by atoms with Crippen molar-refractivity contribution in [1.29, 1.82) is 0 Å². The molecule has 0 saturated carbocycles. The number of carbonyl (C=O) groups is 2. The van der Waals surface area contributed by atoms with Gasteiger partial charge in [-0.25, -0.2) is 0 Å². The number of amides is 2. The monoisotopic (exact) mass is 480 g/mol. The smallest absolute Gasteiger partial charge is 0.261 e. The van der Waals surface area contributed by atoms with Crippen LogP contribution in [0.4, 0.5) is 0 Å². The molecule has 1 atom stereocenters. The number of halogens is 1. The third kappa shape index (κ3) is 6.75. The van der Waals surface area contributed by atoms with Gasteiger partial charge in [-0.1, -0.05) is 73.1 Å². The SMILES string of the molecule is CCCNC(=O)[C@@H](c1ccccc1)N(Cc1ccc(OC)cc1)C(=O)COc1ccccc1Cl. The summed E-state index contributed by atoms with van der Waals surface area (Å²) < 4.78 is 11.0. The first-order valence-electron chi connectivity index (χ1n) is 11.2. The van der Waals surface area contributed by atoms with E-state index in [9.17, 15) is 9.59 Å². The average Bonchev–Trinajstić information content (AvgIpc) is 2.87. The summed E-state index contributed by atoms with van der Waals surface area (Å²) in [6.07, 6.45) is 0.787. The fraction of sp³-hybridized carbons (Fsp3) is 0.259. The van der Waals surface area contributed by atoms with Gasteiger partial charge in [-0.2, -0.15) is 0 Å². The quantitative estimate of drug-likeness (QED) is 0.418. The van der Waals surface area contributed by atoms with Crippen molar-refractivity contribution in [2.24, 2.45) is 0 Å². The molecule has 34 heavy (non-hydrogen) atoms. The van der Waals surface area contributed by atoms with Gasteiger partial charge in [0.1, 0.15) is 17.5 Å². The molecule has 0 bridgehead atoms. The molecule has 3 aromatic rings. The highest BCUT2D eigenvalue weighted by molar-refractivity contribution is 6.32. The van der Waals surface area contributed by atoms with Crippen molar-refractivity contribution in [2.75, 3.05) is 20.3 Å². The predicted molar refractivity (Wildman–Crippen MR) is 133 cm³/mol. The maximum Gasteiger partial charge on any atom is 0.261 e. The molecular weight excluding hydrogens is 452 g/mol. The van der Waals surface area contributed by atoms with Crippen molar-refractivity contribution in [3.05, 3.63) is 95.0 Å². The van der Waals surface area contributed by atoms with E-state index in [4.69, 9.17) is 21.1 Å². The number of ether oxygens (including phenoxy) is 2. The number of methoxy groups -OCH3 is 1. The Bertz CT molecular complexity index is 1070. The van der Waals surface area contributed by atoms with E-state index in [0.717, 1.165) is 17.5 Å². The highest BCUT2D eigenvalue weighted by Crippen LogP contribution is 2.26. The van der Waals surface area contributed by atoms with Crippen molar-refractivity contribution < 1.29 is 19.1 Å². The summed E-state index contributed by atoms with van der Waals surface area (Å²) in [4.78, 5) is 28.3. The van der Waals surface area contributed by atoms with E-state index in [1.54, 1.807) is 36.3 Å². The van der Waals surface area contributed by atoms with Gasteiger partial charge in [0.2, 0.25) is 5.91 Å². The molecule has 7 heteroatoms. The molecule has 2 amide bonds. The van der Waals surface area contributed by atoms with E-state index in [-0.39, 0.29) is 25.0 Å². The lowest BCUT2D eigenvalue weighted by atomic mass is 10.0. The molecule has 6 nitrogen and oxygen atoms in total. The molecule has 0 radical (unpaired) electrons. The zero-order chi connectivity index (χ0) is 24.3. The third-order valence-corrected chi connectivity index (χ3v) is 5.56. The van der Waals surface area contributed by atoms with Gasteiger partial charge in [0.25, 0.3) is 5.91 Å². The lowest BCUT2D eigenvalue weighted by Crippen LogP contribution is -2.45. The van der Waals surface area contributed by atoms with Crippen LogP contribution in [0.3, 0.4) is 0 Å². The Kier molecular flexibility index (Phi) is 9.35. The minimum atomic E-state index is -0.822. The molecule has 3 rings (SSSR count). The Balaban J connectivity index is 1.93. The Labute approximate surface area is 205 Å². The maximum absolute atomic E-state index is 13.5. The Morgan fingerprint density at radius 2 is 1.65 bits per heavy atom. The van der Waals surface area contributed by atoms with Gasteiger partial charge in [-0.05, 0) is 41.8 Å². The number of carbonyl (C=O) groups excluding carboxylic acids is 2. The Morgan fingerprint density at radius 1 is 0.971 bits per heavy atom. The predicted octanol–water partition coefficient (Wildman–Crippen LogP) is 5.02. The second kappa shape index (κ2) is 12.7. The average molecular weight is 481 g/mol. The standard InChI is InChI=1S/C27H29ClN2O4/c1-3-17-29-27(32)26(21-9-5-4-6-10-21)30(18-20-13-15-22(33-2)16-14-20)25(31)19-34-24-12-8-7-11-23(24)28/h4-16,26H,3,17-19H2,1-2H3,(H,29,32)/t26-/m1/s1. The number of para-hydroxylation sites is 1. The first-order chi connectivity index (χ1) is 16.5. The lowest BCUT2D eigenvalue weighted by Gasteiger charge is -2.31. The van der Waals surface area contributed by atoms with Crippen LogP contribution in [-0.4, -0.2) is 37.0 Å². The minimum Gasteiger partial charge on any atom is -0.497 e. The molecule has 0 aliphatic rings. The number of hydrogen-bond donors (Lipinski definition) is 1. The topological polar surface area (TPSA) is 67.9 Å². The minimum absolute atomic E-state index is 0.216. The number of benzene rings is 3. The lowest BCUT2D eigenvalue weighted by molar-refractivity contribution is -0.143. The number of nitrogens with zero attached hydrogens (tertiary/aromatic N) is 1. The summed E-state index contributed by atoms with van der Waals surface area (Å²) in [5, 5.41) is 3.35. The normalized spacial score (nSPS) is 11.4. The molecule has 0 aliphatic carbocycles. The van der Waals surface area contributed by atoms with Crippen LogP contribution in [0.25, 0.3) is 0 Å². The van der Waals surface area contributed by atoms with E-state index in [1.165, 1.54) is 0 Å². The Hall–Kier alpha value is -3.51. The molecule has 0 heterocycles. The van der Waals surface area contributed by atoms with Crippen LogP contribution in [0.2, 0.25) is 5.02 Å². The number of nitrogens with one attached hydrogen (secondary N) is 1. The molecule has 0 aliphatic heterocycles. The first-order valence-corrected chi connectivity index (χ1v) is 11.5. The van der Waals surface area contributed by atoms with Gasteiger partial charge in [0.05, 0.1) is 12.1 Å². The van der Waals surface area contributed by atoms with E-state index >= 15 is 0 Å². The summed E-state index contributed by atoms with van der Waals surface area (Å²) in [6.45, 7) is 2.45. The van der Waals surface area contributed by atoms with Crippen LogP contribution in [0, 0.1) is 0 Å². The van der Waals surface area contributed by atoms with E-state index in [2.05, 4.69) is 5.32 Å². The largest absolute Gasteiger partial charge is 0.497 e. The summed E-state index contributed by atoms with van der Waals surface area (Å²) in [5.74, 6) is 0.543. The second-order valence-electron chi connectivity index (χ2n) is 7.69.